The van der Waals surface area contributed by atoms with E-state index in [9.17, 15) is 4.79 Å². The molecule has 158 valence electrons. The first-order valence-corrected chi connectivity index (χ1v) is 10.7. The number of aromatic nitrogens is 2. The third-order valence-electron chi connectivity index (χ3n) is 4.83. The van der Waals surface area contributed by atoms with Gasteiger partial charge in [0.25, 0.3) is 0 Å². The van der Waals surface area contributed by atoms with Crippen LogP contribution in [0.5, 0.6) is 11.5 Å². The second kappa shape index (κ2) is 9.71. The van der Waals surface area contributed by atoms with Gasteiger partial charge in [0.1, 0.15) is 11.5 Å². The summed E-state index contributed by atoms with van der Waals surface area (Å²) in [5, 5.41) is 3.81. The maximum Gasteiger partial charge on any atom is 0.230 e. The fourth-order valence-electron chi connectivity index (χ4n) is 3.32. The number of ether oxygens (including phenoxy) is 2. The first-order valence-electron chi connectivity index (χ1n) is 9.68. The number of nitrogens with one attached hydrogen (secondary N) is 1. The summed E-state index contributed by atoms with van der Waals surface area (Å²) in [5.74, 6) is 1.62. The first kappa shape index (κ1) is 21.8. The van der Waals surface area contributed by atoms with Crippen molar-refractivity contribution in [2.75, 3.05) is 20.0 Å². The van der Waals surface area contributed by atoms with Crippen LogP contribution in [0.15, 0.2) is 53.9 Å². The molecule has 0 bridgehead atoms. The highest BCUT2D eigenvalue weighted by atomic mass is 32.2. The minimum atomic E-state index is -0.220. The van der Waals surface area contributed by atoms with Crippen LogP contribution in [-0.2, 0) is 4.79 Å². The van der Waals surface area contributed by atoms with E-state index in [4.69, 9.17) is 9.47 Å². The predicted octanol–water partition coefficient (Wildman–Crippen LogP) is 4.48. The van der Waals surface area contributed by atoms with E-state index < -0.39 is 0 Å². The van der Waals surface area contributed by atoms with Crippen molar-refractivity contribution in [3.05, 3.63) is 65.5 Å². The molecule has 1 N–H and O–H groups in total. The number of thioether (sulfide) groups is 1. The van der Waals surface area contributed by atoms with Crippen LogP contribution in [0.25, 0.3) is 5.69 Å². The molecule has 0 fully saturated rings. The summed E-state index contributed by atoms with van der Waals surface area (Å²) in [6.07, 6.45) is 3.67. The number of nitrogens with zero attached hydrogens (tertiary/aromatic N) is 2. The van der Waals surface area contributed by atoms with Gasteiger partial charge in [-0.25, -0.2) is 4.98 Å². The number of aryl methyl sites for hydroxylation is 2. The molecule has 0 aliphatic heterocycles. The number of imidazole rings is 1. The number of amides is 1. The third kappa shape index (κ3) is 4.97. The molecule has 1 unspecified atom stereocenters. The lowest BCUT2D eigenvalue weighted by molar-refractivity contribution is -0.119. The topological polar surface area (TPSA) is 65.4 Å². The van der Waals surface area contributed by atoms with Gasteiger partial charge in [0.2, 0.25) is 5.91 Å². The molecule has 0 aliphatic carbocycles. The van der Waals surface area contributed by atoms with Crippen molar-refractivity contribution in [2.24, 2.45) is 0 Å². The molecule has 1 aromatic heterocycles. The predicted molar refractivity (Wildman–Crippen MR) is 120 cm³/mol. The minimum absolute atomic E-state index is 0.0763. The molecular weight excluding hydrogens is 398 g/mol. The van der Waals surface area contributed by atoms with E-state index in [1.165, 1.54) is 17.3 Å². The van der Waals surface area contributed by atoms with Crippen molar-refractivity contribution < 1.29 is 14.3 Å². The summed E-state index contributed by atoms with van der Waals surface area (Å²) >= 11 is 1.41. The smallest absolute Gasteiger partial charge is 0.230 e. The van der Waals surface area contributed by atoms with Crippen molar-refractivity contribution >= 4 is 17.7 Å². The van der Waals surface area contributed by atoms with Crippen molar-refractivity contribution in [3.63, 3.8) is 0 Å². The summed E-state index contributed by atoms with van der Waals surface area (Å²) < 4.78 is 12.7. The van der Waals surface area contributed by atoms with Gasteiger partial charge in [0, 0.05) is 18.0 Å². The van der Waals surface area contributed by atoms with E-state index in [1.807, 2.05) is 35.9 Å². The Hall–Kier alpha value is -2.93. The Morgan fingerprint density at radius 1 is 1.17 bits per heavy atom. The number of methoxy groups -OCH3 is 2. The number of rotatable bonds is 8. The molecule has 6 nitrogen and oxygen atoms in total. The minimum Gasteiger partial charge on any atom is -0.497 e. The molecule has 2 aromatic carbocycles. The van der Waals surface area contributed by atoms with Crippen molar-refractivity contribution in [1.82, 2.24) is 14.9 Å². The second-order valence-corrected chi connectivity index (χ2v) is 8.00. The van der Waals surface area contributed by atoms with Crippen LogP contribution in [0.2, 0.25) is 0 Å². The summed E-state index contributed by atoms with van der Waals surface area (Å²) in [6, 6.07) is 11.6. The fraction of sp³-hybridized carbons (Fsp3) is 0.304. The third-order valence-corrected chi connectivity index (χ3v) is 5.80. The highest BCUT2D eigenvalue weighted by molar-refractivity contribution is 7.99. The largest absolute Gasteiger partial charge is 0.497 e. The van der Waals surface area contributed by atoms with Crippen LogP contribution < -0.4 is 14.8 Å². The Balaban J connectivity index is 1.67. The van der Waals surface area contributed by atoms with E-state index in [0.29, 0.717) is 5.75 Å². The maximum atomic E-state index is 12.6. The van der Waals surface area contributed by atoms with E-state index in [0.717, 1.165) is 27.7 Å². The molecule has 0 saturated heterocycles. The number of benzene rings is 2. The Bertz CT molecular complexity index is 1030. The summed E-state index contributed by atoms with van der Waals surface area (Å²) in [7, 11) is 3.23. The highest BCUT2D eigenvalue weighted by Gasteiger charge is 2.16. The van der Waals surface area contributed by atoms with Gasteiger partial charge in [-0.3, -0.25) is 9.36 Å². The standard InChI is InChI=1S/C23H27N3O3S/c1-15-6-8-20(16(2)12-15)26-11-10-24-23(26)30-14-22(27)25-17(3)19-13-18(28-4)7-9-21(19)29-5/h6-13,17H,14H2,1-5H3,(H,25,27). The Kier molecular flexibility index (Phi) is 7.05. The number of carbonyl (C=O) groups excluding carboxylic acids is 1. The molecule has 3 aromatic rings. The number of hydrogen-bond donors (Lipinski definition) is 1. The van der Waals surface area contributed by atoms with Crippen LogP contribution in [0.3, 0.4) is 0 Å². The Labute approximate surface area is 181 Å². The van der Waals surface area contributed by atoms with Crippen LogP contribution in [0.4, 0.5) is 0 Å². The van der Waals surface area contributed by atoms with E-state index >= 15 is 0 Å². The molecule has 1 atom stereocenters. The van der Waals surface area contributed by atoms with Crippen LogP contribution in [-0.4, -0.2) is 35.4 Å². The van der Waals surface area contributed by atoms with Crippen LogP contribution in [0, 0.1) is 13.8 Å². The lowest BCUT2D eigenvalue weighted by atomic mass is 10.1. The number of carbonyl (C=O) groups is 1. The van der Waals surface area contributed by atoms with Crippen LogP contribution in [0.1, 0.15) is 29.7 Å². The molecule has 0 aliphatic rings. The molecule has 0 spiro atoms. The van der Waals surface area contributed by atoms with E-state index in [2.05, 4.69) is 42.3 Å². The van der Waals surface area contributed by atoms with Gasteiger partial charge in [-0.15, -0.1) is 0 Å². The van der Waals surface area contributed by atoms with Gasteiger partial charge >= 0.3 is 0 Å². The van der Waals surface area contributed by atoms with Gasteiger partial charge < -0.3 is 14.8 Å². The quantitative estimate of drug-likeness (QED) is 0.539. The lowest BCUT2D eigenvalue weighted by Gasteiger charge is -2.18. The van der Waals surface area contributed by atoms with Gasteiger partial charge in [-0.1, -0.05) is 29.5 Å². The average Bonchev–Trinajstić information content (AvgIpc) is 3.20. The van der Waals surface area contributed by atoms with Crippen molar-refractivity contribution in [3.8, 4) is 17.2 Å². The Morgan fingerprint density at radius 3 is 2.67 bits per heavy atom. The van der Waals surface area contributed by atoms with Gasteiger partial charge in [0.05, 0.1) is 31.7 Å². The monoisotopic (exact) mass is 425 g/mol. The average molecular weight is 426 g/mol. The molecule has 3 rings (SSSR count). The molecule has 30 heavy (non-hydrogen) atoms. The highest BCUT2D eigenvalue weighted by Crippen LogP contribution is 2.29. The zero-order valence-electron chi connectivity index (χ0n) is 17.9. The summed E-state index contributed by atoms with van der Waals surface area (Å²) in [6.45, 7) is 6.08. The normalized spacial score (nSPS) is 11.8. The molecular formula is C23H27N3O3S. The van der Waals surface area contributed by atoms with Crippen molar-refractivity contribution in [2.45, 2.75) is 32.0 Å². The van der Waals surface area contributed by atoms with Gasteiger partial charge in [0.15, 0.2) is 5.16 Å². The summed E-state index contributed by atoms with van der Waals surface area (Å²) in [5.41, 5.74) is 4.31. The molecule has 7 heteroatoms. The van der Waals surface area contributed by atoms with Crippen LogP contribution >= 0.6 is 11.8 Å². The number of hydrogen-bond acceptors (Lipinski definition) is 5. The Morgan fingerprint density at radius 2 is 1.97 bits per heavy atom. The SMILES string of the molecule is COc1ccc(OC)c(C(C)NC(=O)CSc2nccn2-c2ccc(C)cc2C)c1. The van der Waals surface area contributed by atoms with E-state index in [1.54, 1.807) is 20.4 Å². The maximum absolute atomic E-state index is 12.6. The summed E-state index contributed by atoms with van der Waals surface area (Å²) in [4.78, 5) is 17.0. The first-order chi connectivity index (χ1) is 14.4. The molecule has 0 radical (unpaired) electrons. The second-order valence-electron chi connectivity index (χ2n) is 7.06. The molecule has 0 saturated carbocycles. The zero-order valence-corrected chi connectivity index (χ0v) is 18.7. The zero-order chi connectivity index (χ0) is 21.7. The molecule has 1 heterocycles. The fourth-order valence-corrected chi connectivity index (χ4v) is 4.10. The van der Waals surface area contributed by atoms with Crippen molar-refractivity contribution in [1.29, 1.82) is 0 Å². The van der Waals surface area contributed by atoms with Gasteiger partial charge in [-0.2, -0.15) is 0 Å². The van der Waals surface area contributed by atoms with Gasteiger partial charge in [-0.05, 0) is 50.6 Å². The molecule has 1 amide bonds. The lowest BCUT2D eigenvalue weighted by Crippen LogP contribution is -2.28. The van der Waals surface area contributed by atoms with E-state index in [-0.39, 0.29) is 17.7 Å².